The monoisotopic (exact) mass is 354 g/mol. The first kappa shape index (κ1) is 15.4. The van der Waals surface area contributed by atoms with Crippen molar-refractivity contribution in [3.05, 3.63) is 23.8 Å². The van der Waals surface area contributed by atoms with Gasteiger partial charge in [0.2, 0.25) is 5.91 Å². The Morgan fingerprint density at radius 1 is 1.40 bits per heavy atom. The van der Waals surface area contributed by atoms with Crippen LogP contribution in [0.25, 0.3) is 10.2 Å². The molecule has 2 atom stereocenters. The van der Waals surface area contributed by atoms with E-state index in [4.69, 9.17) is 0 Å². The third-order valence-electron chi connectivity index (χ3n) is 3.47. The molecule has 20 heavy (non-hydrogen) atoms. The molecule has 0 saturated carbocycles. The fourth-order valence-electron chi connectivity index (χ4n) is 1.91. The first-order chi connectivity index (χ1) is 9.55. The fourth-order valence-corrected chi connectivity index (χ4v) is 2.94. The first-order valence-corrected chi connectivity index (χ1v) is 8.63. The van der Waals surface area contributed by atoms with Gasteiger partial charge in [0.1, 0.15) is 0 Å². The Morgan fingerprint density at radius 3 is 2.80 bits per heavy atom. The lowest BCUT2D eigenvalue weighted by molar-refractivity contribution is -0.115. The molecule has 0 radical (unpaired) electrons. The summed E-state index contributed by atoms with van der Waals surface area (Å²) in [6, 6.07) is 6.35. The predicted octanol–water partition coefficient (Wildman–Crippen LogP) is 4.92. The zero-order valence-corrected chi connectivity index (χ0v) is 14.3. The SMILES string of the molecule is CC[C@H](Br)C(=O)Nc1nc2ccc([C@@H](C)CC)cc2s1. The molecule has 1 aromatic heterocycles. The van der Waals surface area contributed by atoms with Gasteiger partial charge in [0.05, 0.1) is 15.0 Å². The minimum absolute atomic E-state index is 0.0336. The summed E-state index contributed by atoms with van der Waals surface area (Å²) in [5, 5.41) is 3.54. The number of aromatic nitrogens is 1. The molecule has 0 bridgehead atoms. The first-order valence-electron chi connectivity index (χ1n) is 6.90. The van der Waals surface area contributed by atoms with E-state index in [0.29, 0.717) is 11.0 Å². The van der Waals surface area contributed by atoms with Gasteiger partial charge in [0.15, 0.2) is 5.13 Å². The Kier molecular flexibility index (Phi) is 5.16. The highest BCUT2D eigenvalue weighted by Crippen LogP contribution is 2.30. The van der Waals surface area contributed by atoms with Crippen molar-refractivity contribution < 1.29 is 4.79 Å². The molecule has 1 N–H and O–H groups in total. The summed E-state index contributed by atoms with van der Waals surface area (Å²) in [5.74, 6) is 0.514. The van der Waals surface area contributed by atoms with E-state index in [2.05, 4.69) is 52.2 Å². The Labute approximate surface area is 131 Å². The average Bonchev–Trinajstić information content (AvgIpc) is 2.86. The Bertz CT molecular complexity index is 611. The molecule has 1 aromatic carbocycles. The van der Waals surface area contributed by atoms with Gasteiger partial charge in [-0.25, -0.2) is 4.98 Å². The normalized spacial score (nSPS) is 14.2. The van der Waals surface area contributed by atoms with E-state index in [-0.39, 0.29) is 10.7 Å². The average molecular weight is 355 g/mol. The van der Waals surface area contributed by atoms with Crippen LogP contribution in [0, 0.1) is 0 Å². The number of hydrogen-bond donors (Lipinski definition) is 1. The van der Waals surface area contributed by atoms with Gasteiger partial charge in [0, 0.05) is 0 Å². The van der Waals surface area contributed by atoms with Gasteiger partial charge in [0.25, 0.3) is 0 Å². The molecular weight excluding hydrogens is 336 g/mol. The molecule has 2 aromatic rings. The van der Waals surface area contributed by atoms with E-state index in [1.54, 1.807) is 0 Å². The maximum atomic E-state index is 11.9. The van der Waals surface area contributed by atoms with Crippen LogP contribution in [0.3, 0.4) is 0 Å². The fraction of sp³-hybridized carbons (Fsp3) is 0.467. The smallest absolute Gasteiger partial charge is 0.239 e. The number of nitrogens with one attached hydrogen (secondary N) is 1. The van der Waals surface area contributed by atoms with Gasteiger partial charge in [-0.3, -0.25) is 4.79 Å². The number of thiazole rings is 1. The van der Waals surface area contributed by atoms with Gasteiger partial charge in [-0.05, 0) is 36.5 Å². The van der Waals surface area contributed by atoms with Crippen molar-refractivity contribution in [3.8, 4) is 0 Å². The van der Waals surface area contributed by atoms with Crippen LogP contribution < -0.4 is 5.32 Å². The maximum absolute atomic E-state index is 11.9. The Hall–Kier alpha value is -0.940. The van der Waals surface area contributed by atoms with Crippen LogP contribution in [0.1, 0.15) is 45.1 Å². The van der Waals surface area contributed by atoms with E-state index in [1.165, 1.54) is 16.9 Å². The molecule has 108 valence electrons. The van der Waals surface area contributed by atoms with Gasteiger partial charge in [-0.15, -0.1) is 0 Å². The number of alkyl halides is 1. The summed E-state index contributed by atoms with van der Waals surface area (Å²) < 4.78 is 1.13. The molecule has 2 rings (SSSR count). The molecule has 0 unspecified atom stereocenters. The van der Waals surface area contributed by atoms with Crippen molar-refractivity contribution in [1.29, 1.82) is 0 Å². The van der Waals surface area contributed by atoms with E-state index in [9.17, 15) is 4.79 Å². The minimum Gasteiger partial charge on any atom is -0.301 e. The van der Waals surface area contributed by atoms with E-state index in [0.717, 1.165) is 23.1 Å². The van der Waals surface area contributed by atoms with Gasteiger partial charge < -0.3 is 5.32 Å². The summed E-state index contributed by atoms with van der Waals surface area (Å²) in [5.41, 5.74) is 2.27. The summed E-state index contributed by atoms with van der Waals surface area (Å²) in [6.07, 6.45) is 1.88. The summed E-state index contributed by atoms with van der Waals surface area (Å²) in [4.78, 5) is 16.1. The molecule has 0 aliphatic heterocycles. The minimum atomic E-state index is -0.162. The standard InChI is InChI=1S/C15H19BrN2OS/c1-4-9(3)10-6-7-12-13(8-10)20-15(17-12)18-14(19)11(16)5-2/h6-9,11H,4-5H2,1-3H3,(H,17,18,19)/t9-,11-/m0/s1. The second-order valence-corrected chi connectivity index (χ2v) is 7.06. The molecule has 0 aliphatic rings. The lowest BCUT2D eigenvalue weighted by atomic mass is 9.99. The topological polar surface area (TPSA) is 42.0 Å². The van der Waals surface area contributed by atoms with Crippen LogP contribution >= 0.6 is 27.3 Å². The van der Waals surface area contributed by atoms with Gasteiger partial charge in [-0.1, -0.05) is 54.1 Å². The summed E-state index contributed by atoms with van der Waals surface area (Å²) >= 11 is 4.88. The molecular formula is C15H19BrN2OS. The number of anilines is 1. The molecule has 5 heteroatoms. The van der Waals surface area contributed by atoms with Crippen molar-refractivity contribution in [2.45, 2.75) is 44.4 Å². The van der Waals surface area contributed by atoms with E-state index < -0.39 is 0 Å². The molecule has 0 saturated heterocycles. The third-order valence-corrected chi connectivity index (χ3v) is 5.46. The van der Waals surface area contributed by atoms with Crippen molar-refractivity contribution in [3.63, 3.8) is 0 Å². The van der Waals surface area contributed by atoms with E-state index in [1.807, 2.05) is 13.0 Å². The van der Waals surface area contributed by atoms with Crippen molar-refractivity contribution in [1.82, 2.24) is 4.98 Å². The largest absolute Gasteiger partial charge is 0.301 e. The van der Waals surface area contributed by atoms with E-state index >= 15 is 0 Å². The number of hydrogen-bond acceptors (Lipinski definition) is 3. The summed E-state index contributed by atoms with van der Waals surface area (Å²) in [7, 11) is 0. The number of fused-ring (bicyclic) bond motifs is 1. The Balaban J connectivity index is 2.23. The zero-order chi connectivity index (χ0) is 14.7. The number of carbonyl (C=O) groups excluding carboxylic acids is 1. The second kappa shape index (κ2) is 6.68. The van der Waals surface area contributed by atoms with Crippen molar-refractivity contribution in [2.75, 3.05) is 5.32 Å². The van der Waals surface area contributed by atoms with Crippen LogP contribution in [-0.2, 0) is 4.79 Å². The molecule has 0 spiro atoms. The number of amides is 1. The number of rotatable bonds is 5. The number of carbonyl (C=O) groups is 1. The van der Waals surface area contributed by atoms with Crippen molar-refractivity contribution in [2.24, 2.45) is 0 Å². The quantitative estimate of drug-likeness (QED) is 0.774. The lowest BCUT2D eigenvalue weighted by Gasteiger charge is -2.07. The molecule has 1 amide bonds. The summed E-state index contributed by atoms with van der Waals surface area (Å²) in [6.45, 7) is 6.38. The number of halogens is 1. The number of benzene rings is 1. The van der Waals surface area contributed by atoms with Gasteiger partial charge in [-0.2, -0.15) is 0 Å². The van der Waals surface area contributed by atoms with Crippen LogP contribution in [-0.4, -0.2) is 15.7 Å². The molecule has 0 fully saturated rings. The highest BCUT2D eigenvalue weighted by atomic mass is 79.9. The molecule has 3 nitrogen and oxygen atoms in total. The highest BCUT2D eigenvalue weighted by molar-refractivity contribution is 9.10. The zero-order valence-electron chi connectivity index (χ0n) is 11.9. The van der Waals surface area contributed by atoms with Crippen molar-refractivity contribution >= 4 is 48.5 Å². The van der Waals surface area contributed by atoms with Crippen LogP contribution in [0.15, 0.2) is 18.2 Å². The second-order valence-electron chi connectivity index (χ2n) is 4.92. The molecule has 0 aliphatic carbocycles. The highest BCUT2D eigenvalue weighted by Gasteiger charge is 2.15. The molecule has 1 heterocycles. The number of nitrogens with zero attached hydrogens (tertiary/aromatic N) is 1. The van der Waals surface area contributed by atoms with Crippen LogP contribution in [0.2, 0.25) is 0 Å². The lowest BCUT2D eigenvalue weighted by Crippen LogP contribution is -2.21. The van der Waals surface area contributed by atoms with Crippen LogP contribution in [0.4, 0.5) is 5.13 Å². The third kappa shape index (κ3) is 3.38. The predicted molar refractivity (Wildman–Crippen MR) is 90.0 cm³/mol. The van der Waals surface area contributed by atoms with Gasteiger partial charge >= 0.3 is 0 Å². The maximum Gasteiger partial charge on any atom is 0.239 e. The Morgan fingerprint density at radius 2 is 2.15 bits per heavy atom. The van der Waals surface area contributed by atoms with Crippen LogP contribution in [0.5, 0.6) is 0 Å².